The number of hydrogen-bond acceptors (Lipinski definition) is 5. The zero-order valence-corrected chi connectivity index (χ0v) is 13.3. The number of aryl methyl sites for hydroxylation is 1. The normalized spacial score (nSPS) is 13.4. The van der Waals surface area contributed by atoms with E-state index in [-0.39, 0.29) is 0 Å². The van der Waals surface area contributed by atoms with Crippen molar-refractivity contribution in [3.8, 4) is 5.88 Å². The smallest absolute Gasteiger partial charge is 0.239 e. The van der Waals surface area contributed by atoms with Crippen LogP contribution in [0.4, 0.5) is 0 Å². The predicted octanol–water partition coefficient (Wildman–Crippen LogP) is 4.64. The van der Waals surface area contributed by atoms with E-state index in [2.05, 4.69) is 29.0 Å². The fourth-order valence-corrected chi connectivity index (χ4v) is 3.17. The van der Waals surface area contributed by atoms with Gasteiger partial charge >= 0.3 is 0 Å². The van der Waals surface area contributed by atoms with Crippen LogP contribution in [0.25, 0.3) is 5.76 Å². The van der Waals surface area contributed by atoms with Crippen molar-refractivity contribution in [2.75, 3.05) is 6.26 Å². The van der Waals surface area contributed by atoms with Gasteiger partial charge in [-0.25, -0.2) is 4.98 Å². The lowest BCUT2D eigenvalue weighted by atomic mass is 10.1. The van der Waals surface area contributed by atoms with Gasteiger partial charge in [0.1, 0.15) is 10.7 Å². The van der Waals surface area contributed by atoms with Gasteiger partial charge in [0.25, 0.3) is 0 Å². The summed E-state index contributed by atoms with van der Waals surface area (Å²) in [6.45, 7) is 2.06. The highest BCUT2D eigenvalue weighted by molar-refractivity contribution is 8.02. The molecule has 20 heavy (non-hydrogen) atoms. The standard InChI is InChI=1S/C14H11ClN2OS2/c1-8-3-5-9(6-4-8)10-7-20-11-12(15)16-14(19-2)17-13(11)18-10/h3-7H,1-2H3. The van der Waals surface area contributed by atoms with Gasteiger partial charge in [-0.05, 0) is 13.2 Å². The molecule has 0 unspecified atom stereocenters. The van der Waals surface area contributed by atoms with E-state index in [0.717, 1.165) is 16.2 Å². The van der Waals surface area contributed by atoms with E-state index in [1.54, 1.807) is 0 Å². The van der Waals surface area contributed by atoms with Gasteiger partial charge in [0.05, 0.1) is 0 Å². The van der Waals surface area contributed by atoms with Gasteiger partial charge in [-0.2, -0.15) is 4.98 Å². The van der Waals surface area contributed by atoms with E-state index < -0.39 is 0 Å². The maximum Gasteiger partial charge on any atom is 0.239 e. The lowest BCUT2D eigenvalue weighted by Crippen LogP contribution is -2.04. The molecule has 1 aliphatic rings. The summed E-state index contributed by atoms with van der Waals surface area (Å²) in [4.78, 5) is 9.34. The van der Waals surface area contributed by atoms with Gasteiger partial charge in [-0.1, -0.05) is 65.0 Å². The van der Waals surface area contributed by atoms with Crippen LogP contribution in [0.15, 0.2) is 39.7 Å². The molecule has 0 N–H and O–H groups in total. The van der Waals surface area contributed by atoms with Gasteiger partial charge in [-0.3, -0.25) is 0 Å². The average Bonchev–Trinajstić information content (AvgIpc) is 2.47. The van der Waals surface area contributed by atoms with Crippen LogP contribution in [0, 0.1) is 6.92 Å². The average molecular weight is 323 g/mol. The summed E-state index contributed by atoms with van der Waals surface area (Å²) in [7, 11) is 0. The van der Waals surface area contributed by atoms with Gasteiger partial charge in [0.2, 0.25) is 5.88 Å². The van der Waals surface area contributed by atoms with Crippen molar-refractivity contribution in [2.24, 2.45) is 0 Å². The Bertz CT molecular complexity index is 686. The minimum absolute atomic E-state index is 0.434. The number of rotatable bonds is 2. The number of benzene rings is 1. The second kappa shape index (κ2) is 5.68. The van der Waals surface area contributed by atoms with Crippen molar-refractivity contribution in [2.45, 2.75) is 17.0 Å². The molecule has 2 heterocycles. The SMILES string of the molecule is CSc1nc(Cl)c2c(n1)OC(c1ccc(C)cc1)=CS2. The van der Waals surface area contributed by atoms with Crippen molar-refractivity contribution in [3.05, 3.63) is 46.0 Å². The third kappa shape index (κ3) is 2.66. The first-order valence-electron chi connectivity index (χ1n) is 5.90. The zero-order valence-electron chi connectivity index (χ0n) is 10.9. The molecule has 0 saturated carbocycles. The molecule has 1 aromatic carbocycles. The Balaban J connectivity index is 1.96. The fraction of sp³-hybridized carbons (Fsp3) is 0.143. The lowest BCUT2D eigenvalue weighted by Gasteiger charge is -2.17. The van der Waals surface area contributed by atoms with Crippen molar-refractivity contribution in [1.82, 2.24) is 9.97 Å². The van der Waals surface area contributed by atoms with E-state index >= 15 is 0 Å². The van der Waals surface area contributed by atoms with E-state index in [1.807, 2.05) is 23.8 Å². The molecular weight excluding hydrogens is 312 g/mol. The van der Waals surface area contributed by atoms with Crippen LogP contribution in [0.1, 0.15) is 11.1 Å². The Kier molecular flexibility index (Phi) is 3.92. The monoisotopic (exact) mass is 322 g/mol. The van der Waals surface area contributed by atoms with Crippen LogP contribution in [0.3, 0.4) is 0 Å². The van der Waals surface area contributed by atoms with Crippen molar-refractivity contribution < 1.29 is 4.74 Å². The number of fused-ring (bicyclic) bond motifs is 1. The molecule has 1 aliphatic heterocycles. The second-order valence-corrected chi connectivity index (χ2v) is 6.21. The molecular formula is C14H11ClN2OS2. The van der Waals surface area contributed by atoms with Crippen molar-refractivity contribution in [3.63, 3.8) is 0 Å². The van der Waals surface area contributed by atoms with Gasteiger partial charge in [-0.15, -0.1) is 0 Å². The molecule has 2 aromatic rings. The summed E-state index contributed by atoms with van der Waals surface area (Å²) in [5, 5.41) is 2.98. The summed E-state index contributed by atoms with van der Waals surface area (Å²) in [5.74, 6) is 1.31. The Hall–Kier alpha value is -1.17. The molecule has 6 heteroatoms. The topological polar surface area (TPSA) is 35.0 Å². The number of aromatic nitrogens is 2. The molecule has 1 aromatic heterocycles. The third-order valence-corrected chi connectivity index (χ3v) is 4.65. The van der Waals surface area contributed by atoms with Crippen molar-refractivity contribution in [1.29, 1.82) is 0 Å². The highest BCUT2D eigenvalue weighted by Gasteiger charge is 2.21. The number of thioether (sulfide) groups is 2. The molecule has 0 atom stereocenters. The largest absolute Gasteiger partial charge is 0.436 e. The number of hydrogen-bond donors (Lipinski definition) is 0. The third-order valence-electron chi connectivity index (χ3n) is 2.78. The van der Waals surface area contributed by atoms with Crippen LogP contribution in [0.5, 0.6) is 5.88 Å². The van der Waals surface area contributed by atoms with Crippen LogP contribution in [0.2, 0.25) is 5.15 Å². The first-order chi connectivity index (χ1) is 9.67. The van der Waals surface area contributed by atoms with Crippen LogP contribution in [-0.2, 0) is 0 Å². The molecule has 3 rings (SSSR count). The van der Waals surface area contributed by atoms with E-state index in [1.165, 1.54) is 29.1 Å². The Morgan fingerprint density at radius 1 is 1.20 bits per heavy atom. The molecule has 3 nitrogen and oxygen atoms in total. The van der Waals surface area contributed by atoms with Gasteiger partial charge in [0.15, 0.2) is 10.3 Å². The molecule has 0 spiro atoms. The first kappa shape index (κ1) is 13.8. The molecule has 0 amide bonds. The summed E-state index contributed by atoms with van der Waals surface area (Å²) in [6.07, 6.45) is 1.91. The highest BCUT2D eigenvalue weighted by atomic mass is 35.5. The summed E-state index contributed by atoms with van der Waals surface area (Å²) >= 11 is 9.07. The van der Waals surface area contributed by atoms with E-state index in [9.17, 15) is 0 Å². The van der Waals surface area contributed by atoms with Crippen LogP contribution < -0.4 is 4.74 Å². The summed E-state index contributed by atoms with van der Waals surface area (Å²) < 4.78 is 5.87. The number of halogens is 1. The molecule has 0 radical (unpaired) electrons. The summed E-state index contributed by atoms with van der Waals surface area (Å²) in [6, 6.07) is 8.18. The van der Waals surface area contributed by atoms with E-state index in [0.29, 0.717) is 16.2 Å². The Morgan fingerprint density at radius 2 is 1.95 bits per heavy atom. The lowest BCUT2D eigenvalue weighted by molar-refractivity contribution is 0.468. The molecule has 0 fully saturated rings. The zero-order chi connectivity index (χ0) is 14.1. The van der Waals surface area contributed by atoms with Gasteiger partial charge < -0.3 is 4.74 Å². The highest BCUT2D eigenvalue weighted by Crippen LogP contribution is 2.42. The fourth-order valence-electron chi connectivity index (χ4n) is 1.73. The maximum absolute atomic E-state index is 6.15. The minimum atomic E-state index is 0.434. The molecule has 0 aliphatic carbocycles. The second-order valence-electron chi connectivity index (χ2n) is 4.20. The maximum atomic E-state index is 6.15. The van der Waals surface area contributed by atoms with Gasteiger partial charge in [0, 0.05) is 11.0 Å². The Labute approximate surface area is 130 Å². The molecule has 0 saturated heterocycles. The van der Waals surface area contributed by atoms with Crippen LogP contribution in [-0.4, -0.2) is 16.2 Å². The quantitative estimate of drug-likeness (QED) is 0.457. The van der Waals surface area contributed by atoms with Crippen molar-refractivity contribution >= 4 is 40.9 Å². The molecule has 102 valence electrons. The van der Waals surface area contributed by atoms with E-state index in [4.69, 9.17) is 16.3 Å². The number of nitrogens with zero attached hydrogens (tertiary/aromatic N) is 2. The molecule has 0 bridgehead atoms. The van der Waals surface area contributed by atoms with Crippen LogP contribution >= 0.6 is 35.1 Å². The summed E-state index contributed by atoms with van der Waals surface area (Å²) in [5.41, 5.74) is 2.24. The minimum Gasteiger partial charge on any atom is -0.436 e. The Morgan fingerprint density at radius 3 is 2.65 bits per heavy atom. The first-order valence-corrected chi connectivity index (χ1v) is 8.39. The predicted molar refractivity (Wildman–Crippen MR) is 84.5 cm³/mol. The number of ether oxygens (including phenoxy) is 1.